The van der Waals surface area contributed by atoms with Crippen LogP contribution in [0.5, 0.6) is 0 Å². The summed E-state index contributed by atoms with van der Waals surface area (Å²) in [6, 6.07) is 7.31. The van der Waals surface area contributed by atoms with Gasteiger partial charge in [0.05, 0.1) is 30.5 Å². The second kappa shape index (κ2) is 7.17. The Morgan fingerprint density at radius 3 is 2.85 bits per heavy atom. The van der Waals surface area contributed by atoms with E-state index in [2.05, 4.69) is 5.32 Å². The molecule has 0 saturated carbocycles. The van der Waals surface area contributed by atoms with E-state index in [4.69, 9.17) is 9.47 Å². The smallest absolute Gasteiger partial charge is 0.178 e. The number of sulfone groups is 1. The van der Waals surface area contributed by atoms with Gasteiger partial charge in [-0.05, 0) is 18.1 Å². The molecule has 1 aromatic rings. The Hall–Kier alpha value is -0.950. The van der Waals surface area contributed by atoms with Gasteiger partial charge < -0.3 is 14.8 Å². The molecule has 0 radical (unpaired) electrons. The molecule has 0 aromatic heterocycles. The summed E-state index contributed by atoms with van der Waals surface area (Å²) < 4.78 is 34.3. The molecule has 1 unspecified atom stereocenters. The van der Waals surface area contributed by atoms with Crippen molar-refractivity contribution in [2.45, 2.75) is 17.4 Å². The molecule has 20 heavy (non-hydrogen) atoms. The molecule has 2 rings (SSSR count). The van der Waals surface area contributed by atoms with Gasteiger partial charge in [0.2, 0.25) is 0 Å². The summed E-state index contributed by atoms with van der Waals surface area (Å²) in [6.45, 7) is 2.45. The number of hydrogen-bond donors (Lipinski definition) is 1. The highest BCUT2D eigenvalue weighted by atomic mass is 32.2. The van der Waals surface area contributed by atoms with Crippen molar-refractivity contribution in [1.29, 1.82) is 0 Å². The van der Waals surface area contributed by atoms with Crippen molar-refractivity contribution >= 4 is 9.84 Å². The van der Waals surface area contributed by atoms with Crippen molar-refractivity contribution in [3.8, 4) is 0 Å². The van der Waals surface area contributed by atoms with E-state index in [1.54, 1.807) is 19.2 Å². The van der Waals surface area contributed by atoms with E-state index in [9.17, 15) is 8.42 Å². The molecule has 0 fully saturated rings. The zero-order chi connectivity index (χ0) is 14.4. The molecule has 1 heterocycles. The predicted octanol–water partition coefficient (Wildman–Crippen LogP) is 1.16. The molecule has 0 spiro atoms. The molecule has 0 aliphatic carbocycles. The zero-order valence-electron chi connectivity index (χ0n) is 11.7. The molecule has 0 saturated heterocycles. The van der Waals surface area contributed by atoms with Crippen LogP contribution in [0, 0.1) is 0 Å². The van der Waals surface area contributed by atoms with Crippen LogP contribution in [0.15, 0.2) is 29.2 Å². The van der Waals surface area contributed by atoms with E-state index in [-0.39, 0.29) is 11.8 Å². The summed E-state index contributed by atoms with van der Waals surface area (Å²) in [5, 5.41) is 3.36. The quantitative estimate of drug-likeness (QED) is 0.765. The lowest BCUT2D eigenvalue weighted by Crippen LogP contribution is -2.31. The molecule has 0 amide bonds. The first-order valence-corrected chi connectivity index (χ1v) is 8.42. The number of methoxy groups -OCH3 is 1. The van der Waals surface area contributed by atoms with Gasteiger partial charge >= 0.3 is 0 Å². The van der Waals surface area contributed by atoms with Crippen LogP contribution in [0.25, 0.3) is 0 Å². The van der Waals surface area contributed by atoms with Crippen LogP contribution < -0.4 is 5.32 Å². The Morgan fingerprint density at radius 1 is 1.25 bits per heavy atom. The summed E-state index contributed by atoms with van der Waals surface area (Å²) in [7, 11) is -1.47. The highest BCUT2D eigenvalue weighted by Crippen LogP contribution is 2.31. The van der Waals surface area contributed by atoms with E-state index in [0.717, 1.165) is 5.56 Å². The molecular formula is C14H21NO4S. The van der Waals surface area contributed by atoms with Crippen LogP contribution >= 0.6 is 0 Å². The lowest BCUT2D eigenvalue weighted by Gasteiger charge is -2.26. The van der Waals surface area contributed by atoms with Crippen LogP contribution in [0.1, 0.15) is 18.0 Å². The molecule has 112 valence electrons. The summed E-state index contributed by atoms with van der Waals surface area (Å²) in [4.78, 5) is 0.462. The highest BCUT2D eigenvalue weighted by Gasteiger charge is 2.29. The fourth-order valence-corrected chi connectivity index (χ4v) is 3.97. The minimum atomic E-state index is -3.11. The van der Waals surface area contributed by atoms with E-state index in [1.165, 1.54) is 0 Å². The van der Waals surface area contributed by atoms with Gasteiger partial charge in [0.25, 0.3) is 0 Å². The molecule has 1 aromatic carbocycles. The Morgan fingerprint density at radius 2 is 2.05 bits per heavy atom. The lowest BCUT2D eigenvalue weighted by molar-refractivity contribution is 0.0709. The monoisotopic (exact) mass is 299 g/mol. The van der Waals surface area contributed by atoms with Crippen molar-refractivity contribution in [2.75, 3.05) is 39.2 Å². The van der Waals surface area contributed by atoms with Crippen molar-refractivity contribution in [3.63, 3.8) is 0 Å². The third kappa shape index (κ3) is 3.79. The Labute approximate surface area is 120 Å². The van der Waals surface area contributed by atoms with Crippen molar-refractivity contribution in [1.82, 2.24) is 5.32 Å². The summed E-state index contributed by atoms with van der Waals surface area (Å²) in [5.41, 5.74) is 0.871. The number of nitrogens with one attached hydrogen (secondary N) is 1. The number of rotatable bonds is 7. The first-order valence-electron chi connectivity index (χ1n) is 6.77. The van der Waals surface area contributed by atoms with Gasteiger partial charge in [0.1, 0.15) is 0 Å². The first kappa shape index (κ1) is 15.4. The average molecular weight is 299 g/mol. The summed E-state index contributed by atoms with van der Waals surface area (Å²) in [6.07, 6.45) is 0.609. The third-order valence-electron chi connectivity index (χ3n) is 3.37. The number of ether oxygens (including phenoxy) is 2. The van der Waals surface area contributed by atoms with Gasteiger partial charge in [-0.15, -0.1) is 0 Å². The Kier molecular flexibility index (Phi) is 5.54. The second-order valence-electron chi connectivity index (χ2n) is 4.76. The lowest BCUT2D eigenvalue weighted by atomic mass is 10.0. The topological polar surface area (TPSA) is 64.6 Å². The maximum Gasteiger partial charge on any atom is 0.178 e. The van der Waals surface area contributed by atoms with Crippen LogP contribution in [0.2, 0.25) is 0 Å². The maximum atomic E-state index is 12.0. The first-order chi connectivity index (χ1) is 9.65. The average Bonchev–Trinajstić information content (AvgIpc) is 2.45. The molecular weight excluding hydrogens is 278 g/mol. The summed E-state index contributed by atoms with van der Waals surface area (Å²) >= 11 is 0. The Bertz CT molecular complexity index is 530. The molecule has 1 atom stereocenters. The Balaban J connectivity index is 1.91. The standard InChI is InChI=1S/C14H21NO4S/c1-18-9-10-19-8-7-15-13-6-11-20(16,17)14-5-3-2-4-12(13)14/h2-5,13,15H,6-11H2,1H3. The van der Waals surface area contributed by atoms with Gasteiger partial charge in [0, 0.05) is 19.7 Å². The minimum Gasteiger partial charge on any atom is -0.382 e. The second-order valence-corrected chi connectivity index (χ2v) is 6.83. The molecule has 1 aliphatic heterocycles. The normalized spacial score (nSPS) is 20.6. The fraction of sp³-hybridized carbons (Fsp3) is 0.571. The molecule has 5 nitrogen and oxygen atoms in total. The highest BCUT2D eigenvalue weighted by molar-refractivity contribution is 7.91. The molecule has 6 heteroatoms. The van der Waals surface area contributed by atoms with Crippen molar-refractivity contribution in [2.24, 2.45) is 0 Å². The van der Waals surface area contributed by atoms with E-state index in [1.807, 2.05) is 12.1 Å². The van der Waals surface area contributed by atoms with Crippen LogP contribution in [-0.4, -0.2) is 47.6 Å². The molecule has 0 bridgehead atoms. The number of benzene rings is 1. The van der Waals surface area contributed by atoms with Crippen LogP contribution in [-0.2, 0) is 19.3 Å². The van der Waals surface area contributed by atoms with Gasteiger partial charge in [-0.3, -0.25) is 0 Å². The van der Waals surface area contributed by atoms with Gasteiger partial charge in [-0.1, -0.05) is 18.2 Å². The largest absolute Gasteiger partial charge is 0.382 e. The van der Waals surface area contributed by atoms with Crippen LogP contribution in [0.4, 0.5) is 0 Å². The molecule has 1 aliphatic rings. The number of fused-ring (bicyclic) bond motifs is 1. The third-order valence-corrected chi connectivity index (χ3v) is 5.19. The van der Waals surface area contributed by atoms with Crippen molar-refractivity contribution < 1.29 is 17.9 Å². The van der Waals surface area contributed by atoms with Gasteiger partial charge in [-0.2, -0.15) is 0 Å². The minimum absolute atomic E-state index is 0.0840. The van der Waals surface area contributed by atoms with E-state index in [0.29, 0.717) is 37.7 Å². The predicted molar refractivity (Wildman–Crippen MR) is 76.6 cm³/mol. The number of hydrogen-bond acceptors (Lipinski definition) is 5. The fourth-order valence-electron chi connectivity index (χ4n) is 2.35. The molecule has 1 N–H and O–H groups in total. The van der Waals surface area contributed by atoms with E-state index < -0.39 is 9.84 Å². The SMILES string of the molecule is COCCOCCNC1CCS(=O)(=O)c2ccccc21. The van der Waals surface area contributed by atoms with Crippen molar-refractivity contribution in [3.05, 3.63) is 29.8 Å². The summed E-state index contributed by atoms with van der Waals surface area (Å²) in [5.74, 6) is 0.201. The maximum absolute atomic E-state index is 12.0. The zero-order valence-corrected chi connectivity index (χ0v) is 12.5. The van der Waals surface area contributed by atoms with Gasteiger partial charge in [-0.25, -0.2) is 8.42 Å². The van der Waals surface area contributed by atoms with Gasteiger partial charge in [0.15, 0.2) is 9.84 Å². The van der Waals surface area contributed by atoms with E-state index >= 15 is 0 Å². The van der Waals surface area contributed by atoms with Crippen LogP contribution in [0.3, 0.4) is 0 Å².